The minimum Gasteiger partial charge on any atom is -0.493 e. The first-order chi connectivity index (χ1) is 12.9. The Morgan fingerprint density at radius 1 is 1.19 bits per heavy atom. The molecule has 0 spiro atoms. The van der Waals surface area contributed by atoms with Crippen LogP contribution in [0.15, 0.2) is 33.7 Å². The number of hydrogen-bond donors (Lipinski definition) is 1. The molecule has 144 valence electrons. The lowest BCUT2D eigenvalue weighted by molar-refractivity contribution is 0.194. The number of nitrogens with one attached hydrogen (secondary N) is 1. The second-order valence-corrected chi connectivity index (χ2v) is 9.11. The summed E-state index contributed by atoms with van der Waals surface area (Å²) < 4.78 is 10.7. The second-order valence-electron chi connectivity index (χ2n) is 8.28. The van der Waals surface area contributed by atoms with Gasteiger partial charge in [0.05, 0.1) is 19.9 Å². The van der Waals surface area contributed by atoms with E-state index in [1.807, 2.05) is 18.2 Å². The summed E-state index contributed by atoms with van der Waals surface area (Å²) in [6.45, 7) is 7.18. The summed E-state index contributed by atoms with van der Waals surface area (Å²) in [7, 11) is 3.28. The molecule has 1 aliphatic heterocycles. The van der Waals surface area contributed by atoms with Crippen molar-refractivity contribution in [1.82, 2.24) is 5.43 Å². The second kappa shape index (κ2) is 6.59. The fourth-order valence-electron chi connectivity index (χ4n) is 4.67. The number of methoxy groups -OCH3 is 2. The number of thioether (sulfide) groups is 1. The molecule has 0 saturated heterocycles. The van der Waals surface area contributed by atoms with Gasteiger partial charge in [0.25, 0.3) is 0 Å². The van der Waals surface area contributed by atoms with E-state index in [0.717, 1.165) is 28.8 Å². The van der Waals surface area contributed by atoms with E-state index in [0.29, 0.717) is 16.9 Å². The zero-order chi connectivity index (χ0) is 19.2. The maximum atomic E-state index is 5.39. The fraction of sp³-hybridized carbons (Fsp3) is 0.524. The molecule has 1 aromatic rings. The summed E-state index contributed by atoms with van der Waals surface area (Å²) in [6, 6.07) is 5.84. The van der Waals surface area contributed by atoms with Gasteiger partial charge in [-0.15, -0.1) is 5.10 Å². The molecule has 4 rings (SSSR count). The van der Waals surface area contributed by atoms with Crippen LogP contribution in [-0.2, 0) is 0 Å². The third-order valence-electron chi connectivity index (χ3n) is 6.99. The van der Waals surface area contributed by atoms with E-state index in [4.69, 9.17) is 14.5 Å². The molecule has 1 N–H and O–H groups in total. The average Bonchev–Trinajstić information content (AvgIpc) is 3.01. The van der Waals surface area contributed by atoms with E-state index < -0.39 is 0 Å². The Bertz CT molecular complexity index is 859. The van der Waals surface area contributed by atoms with Gasteiger partial charge in [0.1, 0.15) is 0 Å². The highest BCUT2D eigenvalue weighted by molar-refractivity contribution is 8.16. The molecule has 2 bridgehead atoms. The van der Waals surface area contributed by atoms with E-state index in [1.165, 1.54) is 18.6 Å². The number of aliphatic imine (C=N–C) groups is 1. The third-order valence-corrected chi connectivity index (χ3v) is 7.74. The molecule has 2 atom stereocenters. The highest BCUT2D eigenvalue weighted by Gasteiger charge is 2.59. The van der Waals surface area contributed by atoms with Gasteiger partial charge in [0.2, 0.25) is 5.17 Å². The van der Waals surface area contributed by atoms with E-state index in [-0.39, 0.29) is 5.41 Å². The molecular formula is C21H27N3O2S. The predicted octanol–water partition coefficient (Wildman–Crippen LogP) is 4.90. The molecule has 0 unspecified atom stereocenters. The number of fused-ring (bicyclic) bond motifs is 2. The highest BCUT2D eigenvalue weighted by Crippen LogP contribution is 2.64. The molecule has 27 heavy (non-hydrogen) atoms. The first-order valence-electron chi connectivity index (χ1n) is 9.40. The van der Waals surface area contributed by atoms with Crippen molar-refractivity contribution < 1.29 is 9.47 Å². The molecular weight excluding hydrogens is 358 g/mol. The summed E-state index contributed by atoms with van der Waals surface area (Å²) in [5.41, 5.74) is 6.94. The van der Waals surface area contributed by atoms with Crippen molar-refractivity contribution in [2.24, 2.45) is 26.8 Å². The summed E-state index contributed by atoms with van der Waals surface area (Å²) in [5, 5.41) is 7.37. The van der Waals surface area contributed by atoms with Crippen LogP contribution < -0.4 is 14.9 Å². The van der Waals surface area contributed by atoms with Gasteiger partial charge in [-0.2, -0.15) is 0 Å². The minimum absolute atomic E-state index is 0.202. The number of ether oxygens (including phenoxy) is 2. The third kappa shape index (κ3) is 2.85. The van der Waals surface area contributed by atoms with Crippen molar-refractivity contribution >= 4 is 28.3 Å². The monoisotopic (exact) mass is 385 g/mol. The number of amidine groups is 1. The van der Waals surface area contributed by atoms with Crippen LogP contribution in [0.2, 0.25) is 0 Å². The molecule has 2 aliphatic carbocycles. The van der Waals surface area contributed by atoms with Crippen LogP contribution in [0.25, 0.3) is 5.70 Å². The van der Waals surface area contributed by atoms with E-state index in [1.54, 1.807) is 26.0 Å². The molecule has 0 amide bonds. The van der Waals surface area contributed by atoms with E-state index >= 15 is 0 Å². The van der Waals surface area contributed by atoms with Crippen molar-refractivity contribution in [2.45, 2.75) is 40.0 Å². The van der Waals surface area contributed by atoms with Crippen LogP contribution >= 0.6 is 11.8 Å². The van der Waals surface area contributed by atoms with Crippen LogP contribution in [0, 0.1) is 16.7 Å². The van der Waals surface area contributed by atoms with E-state index in [9.17, 15) is 0 Å². The summed E-state index contributed by atoms with van der Waals surface area (Å²) in [4.78, 5) is 4.95. The Morgan fingerprint density at radius 2 is 1.96 bits per heavy atom. The lowest BCUT2D eigenvalue weighted by atomic mass is 9.70. The largest absolute Gasteiger partial charge is 0.493 e. The van der Waals surface area contributed by atoms with Gasteiger partial charge in [-0.25, -0.2) is 4.99 Å². The highest BCUT2D eigenvalue weighted by atomic mass is 32.2. The Labute approximate surface area is 165 Å². The first-order valence-corrected chi connectivity index (χ1v) is 10.3. The van der Waals surface area contributed by atoms with Crippen LogP contribution in [0.4, 0.5) is 0 Å². The Kier molecular flexibility index (Phi) is 4.49. The average molecular weight is 386 g/mol. The van der Waals surface area contributed by atoms with Gasteiger partial charge < -0.3 is 9.47 Å². The zero-order valence-corrected chi connectivity index (χ0v) is 17.4. The van der Waals surface area contributed by atoms with Crippen LogP contribution in [0.5, 0.6) is 11.5 Å². The minimum atomic E-state index is 0.202. The molecule has 5 nitrogen and oxygen atoms in total. The number of nitrogens with zero attached hydrogens (tertiary/aromatic N) is 2. The fourth-order valence-corrected chi connectivity index (χ4v) is 5.35. The molecule has 3 aliphatic rings. The van der Waals surface area contributed by atoms with Crippen molar-refractivity contribution in [3.8, 4) is 11.5 Å². The standard InChI is InChI=1S/C21H27N3O2S/c1-20(2)14-8-9-21(20,3)18(11-14)22-19-24-23-15(12-27-19)13-6-7-16(25-4)17(10-13)26-5/h6-7,10,12,14,23H,8-9,11H2,1-5H3/t14-,21-/m1/s1. The summed E-state index contributed by atoms with van der Waals surface area (Å²) >= 11 is 1.57. The number of rotatable bonds is 3. The normalized spacial score (nSPS) is 30.0. The topological polar surface area (TPSA) is 55.2 Å². The quantitative estimate of drug-likeness (QED) is 0.804. The van der Waals surface area contributed by atoms with Gasteiger partial charge in [0.15, 0.2) is 11.5 Å². The molecule has 1 heterocycles. The van der Waals surface area contributed by atoms with Crippen molar-refractivity contribution in [2.75, 3.05) is 14.2 Å². The van der Waals surface area contributed by atoms with Crippen molar-refractivity contribution in [1.29, 1.82) is 0 Å². The maximum Gasteiger partial charge on any atom is 0.210 e. The molecule has 1 aromatic carbocycles. The smallest absolute Gasteiger partial charge is 0.210 e. The number of hydrogen-bond acceptors (Lipinski definition) is 6. The maximum absolute atomic E-state index is 5.39. The Morgan fingerprint density at radius 3 is 2.52 bits per heavy atom. The molecule has 2 saturated carbocycles. The van der Waals surface area contributed by atoms with Crippen LogP contribution in [-0.4, -0.2) is 25.1 Å². The van der Waals surface area contributed by atoms with E-state index in [2.05, 4.69) is 36.7 Å². The number of benzene rings is 1. The predicted molar refractivity (Wildman–Crippen MR) is 112 cm³/mol. The number of hydrazone groups is 1. The molecule has 6 heteroatoms. The Balaban J connectivity index is 1.51. The van der Waals surface area contributed by atoms with Gasteiger partial charge >= 0.3 is 0 Å². The van der Waals surface area contributed by atoms with Crippen LogP contribution in [0.1, 0.15) is 45.6 Å². The molecule has 0 aromatic heterocycles. The van der Waals surface area contributed by atoms with Crippen molar-refractivity contribution in [3.05, 3.63) is 29.2 Å². The van der Waals surface area contributed by atoms with Gasteiger partial charge in [-0.1, -0.05) is 32.5 Å². The van der Waals surface area contributed by atoms with Crippen LogP contribution in [0.3, 0.4) is 0 Å². The lowest BCUT2D eigenvalue weighted by Crippen LogP contribution is -2.33. The van der Waals surface area contributed by atoms with Crippen molar-refractivity contribution in [3.63, 3.8) is 0 Å². The van der Waals surface area contributed by atoms with Gasteiger partial charge in [0, 0.05) is 22.1 Å². The molecule has 2 fully saturated rings. The summed E-state index contributed by atoms with van der Waals surface area (Å²) in [6.07, 6.45) is 3.67. The molecule has 0 radical (unpaired) electrons. The first kappa shape index (κ1) is 18.4. The zero-order valence-electron chi connectivity index (χ0n) is 16.6. The summed E-state index contributed by atoms with van der Waals surface area (Å²) in [5.74, 6) is 2.17. The van der Waals surface area contributed by atoms with Gasteiger partial charge in [-0.05, 0) is 48.8 Å². The Hall–Kier alpha value is -1.95. The van der Waals surface area contributed by atoms with Gasteiger partial charge in [-0.3, -0.25) is 5.43 Å². The SMILES string of the molecule is COc1ccc(C2=CSC(N=C3C[C@H]4CC[C@@]3(C)C4(C)C)=NN2)cc1OC. The lowest BCUT2D eigenvalue weighted by Gasteiger charge is -2.34.